The van der Waals surface area contributed by atoms with Gasteiger partial charge in [0, 0.05) is 0 Å². The predicted octanol–water partition coefficient (Wildman–Crippen LogP) is -0.170. The summed E-state index contributed by atoms with van der Waals surface area (Å²) in [6.45, 7) is 1.96. The van der Waals surface area contributed by atoms with Gasteiger partial charge in [0.15, 0.2) is 4.99 Å². The number of hydrogen-bond donors (Lipinski definition) is 3. The van der Waals surface area contributed by atoms with E-state index in [0.717, 1.165) is 11.4 Å². The highest BCUT2D eigenvalue weighted by Crippen LogP contribution is 2.14. The number of hydrogen-bond acceptors (Lipinski definition) is 6. The number of amides is 1. The van der Waals surface area contributed by atoms with E-state index >= 15 is 0 Å². The van der Waals surface area contributed by atoms with Crippen molar-refractivity contribution in [3.05, 3.63) is 5.01 Å². The molecule has 1 aromatic rings. The maximum Gasteiger partial charge on any atom is 0.286 e. The second kappa shape index (κ2) is 4.94. The first kappa shape index (κ1) is 11.0. The van der Waals surface area contributed by atoms with Crippen molar-refractivity contribution in [2.45, 2.75) is 13.3 Å². The lowest BCUT2D eigenvalue weighted by molar-refractivity contribution is -0.110. The first-order chi connectivity index (χ1) is 6.67. The molecule has 1 heterocycles. The fourth-order valence-corrected chi connectivity index (χ4v) is 1.39. The van der Waals surface area contributed by atoms with Crippen molar-refractivity contribution in [1.29, 1.82) is 0 Å². The summed E-state index contributed by atoms with van der Waals surface area (Å²) in [5.41, 5.74) is 2.08. The van der Waals surface area contributed by atoms with Crippen molar-refractivity contribution in [2.24, 2.45) is 5.84 Å². The fraction of sp³-hybridized carbons (Fsp3) is 0.333. The summed E-state index contributed by atoms with van der Waals surface area (Å²) in [6.07, 6.45) is 0.785. The van der Waals surface area contributed by atoms with Crippen LogP contribution in [0.5, 0.6) is 0 Å². The van der Waals surface area contributed by atoms with Gasteiger partial charge in [-0.15, -0.1) is 10.2 Å². The summed E-state index contributed by atoms with van der Waals surface area (Å²) >= 11 is 5.93. The molecule has 1 rings (SSSR count). The van der Waals surface area contributed by atoms with Gasteiger partial charge in [-0.2, -0.15) is 0 Å². The highest BCUT2D eigenvalue weighted by molar-refractivity contribution is 7.82. The van der Waals surface area contributed by atoms with Crippen molar-refractivity contribution in [3.63, 3.8) is 0 Å². The molecule has 0 fully saturated rings. The molecule has 4 N–H and O–H groups in total. The van der Waals surface area contributed by atoms with Crippen molar-refractivity contribution in [1.82, 2.24) is 15.6 Å². The standard InChI is InChI=1S/C6H9N5OS2/c1-2-3-10-11-6(14-3)8-4(12)5(13)9-7/h2,7H2,1H3,(H,9,13)(H,8,11,12). The maximum atomic E-state index is 11.2. The average Bonchev–Trinajstić information content (AvgIpc) is 2.64. The molecule has 1 aromatic heterocycles. The van der Waals surface area contributed by atoms with Gasteiger partial charge in [0.1, 0.15) is 5.01 Å². The van der Waals surface area contributed by atoms with E-state index in [0.29, 0.717) is 5.13 Å². The van der Waals surface area contributed by atoms with E-state index in [-0.39, 0.29) is 4.99 Å². The molecule has 14 heavy (non-hydrogen) atoms. The van der Waals surface area contributed by atoms with Gasteiger partial charge in [0.05, 0.1) is 0 Å². The smallest absolute Gasteiger partial charge is 0.286 e. The number of anilines is 1. The third-order valence-electron chi connectivity index (χ3n) is 1.33. The van der Waals surface area contributed by atoms with Gasteiger partial charge < -0.3 is 5.43 Å². The Balaban J connectivity index is 2.60. The Morgan fingerprint density at radius 1 is 1.64 bits per heavy atom. The lowest BCUT2D eigenvalue weighted by Crippen LogP contribution is -2.38. The van der Waals surface area contributed by atoms with Crippen molar-refractivity contribution < 1.29 is 4.79 Å². The van der Waals surface area contributed by atoms with Crippen LogP contribution in [0.15, 0.2) is 0 Å². The highest BCUT2D eigenvalue weighted by atomic mass is 32.1. The van der Waals surface area contributed by atoms with Crippen LogP contribution in [-0.2, 0) is 11.2 Å². The van der Waals surface area contributed by atoms with E-state index in [9.17, 15) is 4.79 Å². The van der Waals surface area contributed by atoms with Crippen LogP contribution >= 0.6 is 23.6 Å². The second-order valence-corrected chi connectivity index (χ2v) is 3.75. The molecule has 8 heteroatoms. The number of rotatable bonds is 2. The van der Waals surface area contributed by atoms with Gasteiger partial charge >= 0.3 is 0 Å². The molecule has 1 amide bonds. The van der Waals surface area contributed by atoms with E-state index in [4.69, 9.17) is 5.84 Å². The van der Waals surface area contributed by atoms with Crippen LogP contribution in [0.1, 0.15) is 11.9 Å². The minimum Gasteiger partial charge on any atom is -0.310 e. The van der Waals surface area contributed by atoms with Crippen LogP contribution < -0.4 is 16.6 Å². The van der Waals surface area contributed by atoms with Gasteiger partial charge in [-0.25, -0.2) is 5.84 Å². The van der Waals surface area contributed by atoms with E-state index in [1.165, 1.54) is 11.3 Å². The number of aromatic nitrogens is 2. The van der Waals surface area contributed by atoms with Crippen molar-refractivity contribution >= 4 is 39.6 Å². The summed E-state index contributed by atoms with van der Waals surface area (Å²) < 4.78 is 0. The summed E-state index contributed by atoms with van der Waals surface area (Å²) in [6, 6.07) is 0. The van der Waals surface area contributed by atoms with Crippen LogP contribution in [0, 0.1) is 0 Å². The molecule has 0 aliphatic carbocycles. The fourth-order valence-electron chi connectivity index (χ4n) is 0.666. The summed E-state index contributed by atoms with van der Waals surface area (Å²) in [7, 11) is 0. The average molecular weight is 231 g/mol. The molecule has 0 radical (unpaired) electrons. The SMILES string of the molecule is CCc1nnc(NC(=O)C(=S)NN)s1. The maximum absolute atomic E-state index is 11.2. The van der Waals surface area contributed by atoms with Gasteiger partial charge in [-0.3, -0.25) is 10.1 Å². The number of carbonyl (C=O) groups excluding carboxylic acids is 1. The molecule has 0 aliphatic heterocycles. The van der Waals surface area contributed by atoms with Gasteiger partial charge in [0.25, 0.3) is 5.91 Å². The van der Waals surface area contributed by atoms with Crippen molar-refractivity contribution in [2.75, 3.05) is 5.32 Å². The molecule has 0 atom stereocenters. The third-order valence-corrected chi connectivity index (χ3v) is 2.61. The van der Waals surface area contributed by atoms with E-state index < -0.39 is 5.91 Å². The monoisotopic (exact) mass is 231 g/mol. The van der Waals surface area contributed by atoms with Crippen LogP contribution in [0.4, 0.5) is 5.13 Å². The molecule has 0 saturated heterocycles. The first-order valence-electron chi connectivity index (χ1n) is 3.81. The minimum absolute atomic E-state index is 0.0850. The Hall–Kier alpha value is -1.12. The molecule has 0 unspecified atom stereocenters. The highest BCUT2D eigenvalue weighted by Gasteiger charge is 2.10. The van der Waals surface area contributed by atoms with E-state index in [2.05, 4.69) is 33.2 Å². The summed E-state index contributed by atoms with van der Waals surface area (Å²) in [4.78, 5) is 11.1. The van der Waals surface area contributed by atoms with Crippen molar-refractivity contribution in [3.8, 4) is 0 Å². The predicted molar refractivity (Wildman–Crippen MR) is 57.8 cm³/mol. The molecule has 0 saturated carbocycles. The largest absolute Gasteiger partial charge is 0.310 e. The summed E-state index contributed by atoms with van der Waals surface area (Å²) in [5.74, 6) is 4.49. The topological polar surface area (TPSA) is 92.9 Å². The number of nitrogens with two attached hydrogens (primary N) is 1. The Kier molecular flexibility index (Phi) is 3.86. The molecule has 0 aliphatic rings. The molecular weight excluding hydrogens is 222 g/mol. The Morgan fingerprint density at radius 2 is 2.36 bits per heavy atom. The van der Waals surface area contributed by atoms with E-state index in [1.807, 2.05) is 6.92 Å². The second-order valence-electron chi connectivity index (χ2n) is 2.28. The quantitative estimate of drug-likeness (QED) is 0.372. The number of nitrogens with one attached hydrogen (secondary N) is 2. The molecule has 0 aromatic carbocycles. The zero-order valence-corrected chi connectivity index (χ0v) is 9.04. The van der Waals surface area contributed by atoms with Crippen LogP contribution in [0.3, 0.4) is 0 Å². The minimum atomic E-state index is -0.485. The van der Waals surface area contributed by atoms with E-state index in [1.54, 1.807) is 0 Å². The van der Waals surface area contributed by atoms with Gasteiger partial charge in [-0.1, -0.05) is 30.5 Å². The molecule has 0 spiro atoms. The molecular formula is C6H9N5OS2. The Labute approximate surface area is 89.9 Å². The Bertz CT molecular complexity index is 350. The lowest BCUT2D eigenvalue weighted by atomic mass is 10.5. The van der Waals surface area contributed by atoms with Gasteiger partial charge in [-0.05, 0) is 6.42 Å². The number of nitrogens with zero attached hydrogens (tertiary/aromatic N) is 2. The molecule has 6 nitrogen and oxygen atoms in total. The zero-order valence-electron chi connectivity index (χ0n) is 7.40. The number of hydrazine groups is 1. The Morgan fingerprint density at radius 3 is 2.86 bits per heavy atom. The molecule has 0 bridgehead atoms. The first-order valence-corrected chi connectivity index (χ1v) is 5.04. The normalized spacial score (nSPS) is 9.57. The number of carbonyl (C=O) groups is 1. The van der Waals surface area contributed by atoms with Gasteiger partial charge in [0.2, 0.25) is 5.13 Å². The third kappa shape index (κ3) is 2.69. The number of aryl methyl sites for hydroxylation is 1. The van der Waals surface area contributed by atoms with Crippen LogP contribution in [0.2, 0.25) is 0 Å². The number of thiocarbonyl (C=S) groups is 1. The zero-order chi connectivity index (χ0) is 10.6. The van der Waals surface area contributed by atoms with Crippen LogP contribution in [-0.4, -0.2) is 21.1 Å². The lowest BCUT2D eigenvalue weighted by Gasteiger charge is -2.00. The molecule has 76 valence electrons. The summed E-state index contributed by atoms with van der Waals surface area (Å²) in [5, 5.41) is 11.3. The van der Waals surface area contributed by atoms with Crippen LogP contribution in [0.25, 0.3) is 0 Å².